The number of fused-ring (bicyclic) bond motifs is 1. The fourth-order valence-corrected chi connectivity index (χ4v) is 6.62. The lowest BCUT2D eigenvalue weighted by Gasteiger charge is -2.32. The van der Waals surface area contributed by atoms with Crippen LogP contribution in [0.4, 0.5) is 23.8 Å². The summed E-state index contributed by atoms with van der Waals surface area (Å²) in [6.07, 6.45) is -0.846. The van der Waals surface area contributed by atoms with Crippen LogP contribution in [0.3, 0.4) is 0 Å². The van der Waals surface area contributed by atoms with Gasteiger partial charge in [0.2, 0.25) is 5.43 Å². The SMILES string of the molecule is CCCNC(=O)Nc1cc(C2=NC(C(F)(F)F)CS2)c(-c2ccc3c(c2)c(=O)c(C(=O)NCCO)cn3CCN2CCN(C)CC2)cn1. The molecule has 0 radical (unpaired) electrons. The van der Waals surface area contributed by atoms with Gasteiger partial charge in [0.05, 0.1) is 17.2 Å². The van der Waals surface area contributed by atoms with Crippen LogP contribution in [0.15, 0.2) is 46.4 Å². The lowest BCUT2D eigenvalue weighted by Crippen LogP contribution is -2.45. The van der Waals surface area contributed by atoms with Crippen molar-refractivity contribution >= 4 is 45.5 Å². The zero-order valence-corrected chi connectivity index (χ0v) is 27.6. The van der Waals surface area contributed by atoms with E-state index in [1.165, 1.54) is 18.5 Å². The number of pyridine rings is 2. The summed E-state index contributed by atoms with van der Waals surface area (Å²) < 4.78 is 42.6. The van der Waals surface area contributed by atoms with E-state index >= 15 is 0 Å². The quantitative estimate of drug-likeness (QED) is 0.241. The lowest BCUT2D eigenvalue weighted by atomic mass is 9.99. The zero-order chi connectivity index (χ0) is 34.4. The van der Waals surface area contributed by atoms with Crippen molar-refractivity contribution in [1.82, 2.24) is 30.0 Å². The van der Waals surface area contributed by atoms with Crippen molar-refractivity contribution in [2.24, 2.45) is 4.99 Å². The number of alkyl halides is 3. The minimum atomic E-state index is -4.52. The van der Waals surface area contributed by atoms with E-state index < -0.39 is 29.6 Å². The Kier molecular flexibility index (Phi) is 11.4. The number of likely N-dealkylation sites (N-methyl/N-ethyl adjacent to an activating group) is 1. The molecule has 3 aromatic rings. The van der Waals surface area contributed by atoms with Crippen molar-refractivity contribution in [3.05, 3.63) is 58.0 Å². The lowest BCUT2D eigenvalue weighted by molar-refractivity contribution is -0.141. The molecule has 1 aromatic carbocycles. The molecule has 5 rings (SSSR count). The first-order valence-corrected chi connectivity index (χ1v) is 16.8. The fourth-order valence-electron chi connectivity index (χ4n) is 5.52. The molecule has 4 N–H and O–H groups in total. The molecule has 3 amide bonds. The van der Waals surface area contributed by atoms with Crippen molar-refractivity contribution < 1.29 is 27.9 Å². The molecule has 0 spiro atoms. The van der Waals surface area contributed by atoms with E-state index in [0.29, 0.717) is 48.3 Å². The van der Waals surface area contributed by atoms with E-state index in [-0.39, 0.29) is 40.7 Å². The molecule has 2 aliphatic heterocycles. The third kappa shape index (κ3) is 8.35. The van der Waals surface area contributed by atoms with Crippen LogP contribution < -0.4 is 21.4 Å². The molecule has 12 nitrogen and oxygen atoms in total. The smallest absolute Gasteiger partial charge is 0.395 e. The Hall–Kier alpha value is -3.99. The normalized spacial score (nSPS) is 17.4. The third-order valence-corrected chi connectivity index (χ3v) is 9.31. The highest BCUT2D eigenvalue weighted by molar-refractivity contribution is 8.14. The summed E-state index contributed by atoms with van der Waals surface area (Å²) in [6.45, 7) is 6.85. The molecule has 0 saturated carbocycles. The van der Waals surface area contributed by atoms with E-state index in [9.17, 15) is 32.7 Å². The fraction of sp³-hybridized carbons (Fsp3) is 0.469. The number of amides is 3. The number of aliphatic hydroxyl groups excluding tert-OH is 1. The van der Waals surface area contributed by atoms with E-state index in [1.54, 1.807) is 18.2 Å². The van der Waals surface area contributed by atoms with Crippen molar-refractivity contribution in [2.75, 3.05) is 70.5 Å². The van der Waals surface area contributed by atoms with Gasteiger partial charge in [-0.25, -0.2) is 9.78 Å². The number of hydrogen-bond donors (Lipinski definition) is 4. The van der Waals surface area contributed by atoms with Crippen LogP contribution in [0.25, 0.3) is 22.0 Å². The van der Waals surface area contributed by atoms with E-state index in [2.05, 4.69) is 42.8 Å². The molecule has 1 unspecified atom stereocenters. The molecule has 16 heteroatoms. The van der Waals surface area contributed by atoms with Crippen molar-refractivity contribution in [3.8, 4) is 11.1 Å². The van der Waals surface area contributed by atoms with Gasteiger partial charge in [-0.05, 0) is 37.2 Å². The molecule has 1 fully saturated rings. The number of anilines is 1. The molecule has 1 atom stereocenters. The first-order valence-electron chi connectivity index (χ1n) is 15.8. The highest BCUT2D eigenvalue weighted by Crippen LogP contribution is 2.37. The number of rotatable bonds is 11. The Labute approximate surface area is 279 Å². The third-order valence-electron chi connectivity index (χ3n) is 8.23. The Bertz CT molecular complexity index is 1740. The van der Waals surface area contributed by atoms with Gasteiger partial charge in [0, 0.05) is 87.0 Å². The molecule has 0 aliphatic carbocycles. The minimum Gasteiger partial charge on any atom is -0.395 e. The minimum absolute atomic E-state index is 0.0256. The molecule has 2 aliphatic rings. The van der Waals surface area contributed by atoms with Gasteiger partial charge in [0.1, 0.15) is 11.4 Å². The second-order valence-electron chi connectivity index (χ2n) is 11.7. The van der Waals surface area contributed by atoms with Gasteiger partial charge in [-0.15, -0.1) is 11.8 Å². The molecule has 4 heterocycles. The highest BCUT2D eigenvalue weighted by Gasteiger charge is 2.43. The second-order valence-corrected chi connectivity index (χ2v) is 12.7. The molecule has 1 saturated heterocycles. The molecule has 2 aromatic heterocycles. The van der Waals surface area contributed by atoms with Crippen LogP contribution in [-0.2, 0) is 6.54 Å². The number of piperazine rings is 1. The summed E-state index contributed by atoms with van der Waals surface area (Å²) in [6, 6.07) is 4.20. The number of nitrogens with one attached hydrogen (secondary N) is 3. The predicted molar refractivity (Wildman–Crippen MR) is 181 cm³/mol. The van der Waals surface area contributed by atoms with Gasteiger partial charge in [0.25, 0.3) is 5.91 Å². The number of aliphatic hydroxyl groups is 1. The number of halogens is 3. The summed E-state index contributed by atoms with van der Waals surface area (Å²) >= 11 is 0.951. The standard InChI is InChI=1S/C32H39F3N8O4S/c1-3-6-37-31(47)40-27-16-21(30-39-26(19-48-30)32(33,34)35)23(17-38-27)20-4-5-25-22(15-20)28(45)24(29(46)36-7-14-44)18-43(25)13-12-42-10-8-41(2)9-11-42/h4-5,15-18,26,44H,3,6-14,19H2,1-2H3,(H,36,46)(H2,37,38,40,47). The number of nitrogens with zero attached hydrogens (tertiary/aromatic N) is 5. The summed E-state index contributed by atoms with van der Waals surface area (Å²) in [5.74, 6) is -0.790. The van der Waals surface area contributed by atoms with Gasteiger partial charge in [0.15, 0.2) is 6.04 Å². The Morgan fingerprint density at radius 2 is 1.83 bits per heavy atom. The zero-order valence-electron chi connectivity index (χ0n) is 26.8. The highest BCUT2D eigenvalue weighted by atomic mass is 32.2. The van der Waals surface area contributed by atoms with Gasteiger partial charge in [-0.2, -0.15) is 13.2 Å². The number of aromatic nitrogens is 2. The number of carbonyl (C=O) groups excluding carboxylic acids is 2. The molecular weight excluding hydrogens is 649 g/mol. The number of carbonyl (C=O) groups is 2. The van der Waals surface area contributed by atoms with Gasteiger partial charge in [-0.1, -0.05) is 13.0 Å². The predicted octanol–water partition coefficient (Wildman–Crippen LogP) is 2.99. The van der Waals surface area contributed by atoms with Crippen LogP contribution in [0.2, 0.25) is 0 Å². The van der Waals surface area contributed by atoms with Gasteiger partial charge >= 0.3 is 12.2 Å². The summed E-state index contributed by atoms with van der Waals surface area (Å²) in [7, 11) is 2.07. The maximum atomic E-state index is 13.8. The summed E-state index contributed by atoms with van der Waals surface area (Å²) in [5, 5.41) is 17.5. The van der Waals surface area contributed by atoms with E-state index in [1.807, 2.05) is 11.5 Å². The number of hydrogen-bond acceptors (Lipinski definition) is 9. The summed E-state index contributed by atoms with van der Waals surface area (Å²) in [5.41, 5.74) is 1.17. The first kappa shape index (κ1) is 35.3. The average molecular weight is 689 g/mol. The van der Waals surface area contributed by atoms with Crippen molar-refractivity contribution in [3.63, 3.8) is 0 Å². The Morgan fingerprint density at radius 3 is 2.52 bits per heavy atom. The second kappa shape index (κ2) is 15.5. The maximum Gasteiger partial charge on any atom is 0.411 e. The van der Waals surface area contributed by atoms with Crippen LogP contribution in [0.1, 0.15) is 29.3 Å². The van der Waals surface area contributed by atoms with Gasteiger partial charge < -0.3 is 25.2 Å². The van der Waals surface area contributed by atoms with Crippen molar-refractivity contribution in [1.29, 1.82) is 0 Å². The van der Waals surface area contributed by atoms with E-state index in [4.69, 9.17) is 0 Å². The van der Waals surface area contributed by atoms with Crippen molar-refractivity contribution in [2.45, 2.75) is 32.1 Å². The Balaban J connectivity index is 1.58. The topological polar surface area (TPSA) is 144 Å². The monoisotopic (exact) mass is 688 g/mol. The number of thioether (sulfide) groups is 1. The molecule has 48 heavy (non-hydrogen) atoms. The Morgan fingerprint density at radius 1 is 1.06 bits per heavy atom. The number of aliphatic imine (C=N–C) groups is 1. The molecular formula is C32H39F3N8O4S. The largest absolute Gasteiger partial charge is 0.411 e. The van der Waals surface area contributed by atoms with E-state index in [0.717, 1.165) is 37.9 Å². The van der Waals surface area contributed by atoms with Crippen LogP contribution in [-0.4, -0.2) is 119 Å². The molecule has 258 valence electrons. The van der Waals surface area contributed by atoms with Gasteiger partial charge in [-0.3, -0.25) is 24.8 Å². The maximum absolute atomic E-state index is 13.8. The number of urea groups is 1. The average Bonchev–Trinajstić information content (AvgIpc) is 3.58. The molecule has 0 bridgehead atoms. The summed E-state index contributed by atoms with van der Waals surface area (Å²) in [4.78, 5) is 52.1. The van der Waals surface area contributed by atoms with Crippen LogP contribution in [0.5, 0.6) is 0 Å². The first-order chi connectivity index (χ1) is 23.0. The van der Waals surface area contributed by atoms with Crippen LogP contribution in [0, 0.1) is 0 Å². The number of benzene rings is 1. The van der Waals surface area contributed by atoms with Crippen LogP contribution >= 0.6 is 11.8 Å².